The lowest BCUT2D eigenvalue weighted by Gasteiger charge is -2.09. The number of hydrogen-bond donors (Lipinski definition) is 1. The Morgan fingerprint density at radius 3 is 2.71 bits per heavy atom. The molecule has 106 valence electrons. The fourth-order valence-electron chi connectivity index (χ4n) is 2.83. The van der Waals surface area contributed by atoms with Crippen molar-refractivity contribution in [3.05, 3.63) is 76.3 Å². The second kappa shape index (κ2) is 5.57. The molecule has 0 bridgehead atoms. The molecule has 3 rings (SSSR count). The Morgan fingerprint density at radius 1 is 1.19 bits per heavy atom. The van der Waals surface area contributed by atoms with E-state index in [9.17, 15) is 5.11 Å². The quantitative estimate of drug-likeness (QED) is 0.856. The Balaban J connectivity index is 1.84. The molecule has 0 amide bonds. The summed E-state index contributed by atoms with van der Waals surface area (Å²) in [5.41, 5.74) is 3.31. The van der Waals surface area contributed by atoms with E-state index >= 15 is 0 Å². The number of allylic oxidation sites excluding steroid dienone is 1. The minimum absolute atomic E-state index is 0.155. The highest BCUT2D eigenvalue weighted by Crippen LogP contribution is 2.20. The zero-order chi connectivity index (χ0) is 14.8. The van der Waals surface area contributed by atoms with E-state index in [0.29, 0.717) is 5.75 Å². The van der Waals surface area contributed by atoms with Crippen molar-refractivity contribution < 1.29 is 5.11 Å². The molecule has 0 spiro atoms. The lowest BCUT2D eigenvalue weighted by atomic mass is 10.00. The Kier molecular flexibility index (Phi) is 3.61. The molecular formula is C19H19NO. The van der Waals surface area contributed by atoms with Crippen molar-refractivity contribution in [2.45, 2.75) is 25.8 Å². The normalized spacial score (nSPS) is 16.0. The summed E-state index contributed by atoms with van der Waals surface area (Å²) in [7, 11) is 0. The molecule has 1 heterocycles. The number of phenolic OH excluding ortho intramolecular Hbond substituents is 1. The summed E-state index contributed by atoms with van der Waals surface area (Å²) in [5.74, 6) is 0.319. The van der Waals surface area contributed by atoms with Gasteiger partial charge in [0.1, 0.15) is 5.75 Å². The highest BCUT2D eigenvalue weighted by atomic mass is 16.3. The SMILES string of the molecule is C=C(C)Cc1cc(O)cc(CC2C=c3ccccc3=N2)c1. The minimum atomic E-state index is 0.155. The standard InChI is InChI=1S/C19H19NO/c1-13(2)7-14-8-15(11-18(21)10-14)9-17-12-16-5-3-4-6-19(16)20-17/h3-6,8,10-12,17,21H,1,7,9H2,2H3. The molecule has 2 aromatic carbocycles. The maximum atomic E-state index is 9.88. The van der Waals surface area contributed by atoms with Gasteiger partial charge in [-0.15, -0.1) is 0 Å². The first-order valence-electron chi connectivity index (χ1n) is 7.21. The topological polar surface area (TPSA) is 32.6 Å². The minimum Gasteiger partial charge on any atom is -0.508 e. The van der Waals surface area contributed by atoms with E-state index < -0.39 is 0 Å². The van der Waals surface area contributed by atoms with Crippen LogP contribution in [0.5, 0.6) is 5.75 Å². The Bertz CT molecular complexity index is 770. The van der Waals surface area contributed by atoms with Crippen molar-refractivity contribution in [1.82, 2.24) is 0 Å². The van der Waals surface area contributed by atoms with Crippen LogP contribution in [0.25, 0.3) is 6.08 Å². The molecule has 1 aliphatic rings. The van der Waals surface area contributed by atoms with E-state index in [1.807, 2.05) is 37.3 Å². The van der Waals surface area contributed by atoms with Crippen LogP contribution in [-0.2, 0) is 12.8 Å². The van der Waals surface area contributed by atoms with E-state index in [0.717, 1.165) is 34.9 Å². The molecule has 1 unspecified atom stereocenters. The van der Waals surface area contributed by atoms with Gasteiger partial charge in [-0.25, -0.2) is 0 Å². The van der Waals surface area contributed by atoms with E-state index in [1.165, 1.54) is 5.22 Å². The Morgan fingerprint density at radius 2 is 1.95 bits per heavy atom. The van der Waals surface area contributed by atoms with E-state index in [2.05, 4.69) is 24.8 Å². The average Bonchev–Trinajstić information content (AvgIpc) is 2.78. The van der Waals surface area contributed by atoms with E-state index in [-0.39, 0.29) is 6.04 Å². The van der Waals surface area contributed by atoms with Gasteiger partial charge in [0.2, 0.25) is 0 Å². The zero-order valence-corrected chi connectivity index (χ0v) is 12.2. The predicted octanol–water partition coefficient (Wildman–Crippen LogP) is 2.54. The molecule has 2 nitrogen and oxygen atoms in total. The highest BCUT2D eigenvalue weighted by Gasteiger charge is 2.11. The number of benzene rings is 2. The fourth-order valence-corrected chi connectivity index (χ4v) is 2.83. The molecule has 0 saturated heterocycles. The smallest absolute Gasteiger partial charge is 0.116 e. The maximum absolute atomic E-state index is 9.88. The van der Waals surface area contributed by atoms with Crippen molar-refractivity contribution in [2.24, 2.45) is 4.99 Å². The molecule has 0 radical (unpaired) electrons. The van der Waals surface area contributed by atoms with E-state index in [4.69, 9.17) is 4.99 Å². The first-order valence-corrected chi connectivity index (χ1v) is 7.21. The van der Waals surface area contributed by atoms with Crippen molar-refractivity contribution >= 4 is 6.08 Å². The van der Waals surface area contributed by atoms with Crippen molar-refractivity contribution in [1.29, 1.82) is 0 Å². The van der Waals surface area contributed by atoms with Gasteiger partial charge in [0, 0.05) is 0 Å². The number of para-hydroxylation sites is 1. The van der Waals surface area contributed by atoms with Crippen LogP contribution in [-0.4, -0.2) is 11.1 Å². The summed E-state index contributed by atoms with van der Waals surface area (Å²) < 4.78 is 0. The fraction of sp³-hybridized carbons (Fsp3) is 0.211. The summed E-state index contributed by atoms with van der Waals surface area (Å²) in [5, 5.41) is 12.1. The monoisotopic (exact) mass is 277 g/mol. The molecule has 0 aliphatic carbocycles. The Hall–Kier alpha value is -2.35. The maximum Gasteiger partial charge on any atom is 0.116 e. The summed E-state index contributed by atoms with van der Waals surface area (Å²) in [6.45, 7) is 5.93. The number of hydrogen-bond acceptors (Lipinski definition) is 2. The molecule has 0 saturated carbocycles. The van der Waals surface area contributed by atoms with Gasteiger partial charge in [0.15, 0.2) is 0 Å². The summed E-state index contributed by atoms with van der Waals surface area (Å²) in [6, 6.07) is 14.1. The van der Waals surface area contributed by atoms with Crippen molar-refractivity contribution in [2.75, 3.05) is 0 Å². The molecule has 0 fully saturated rings. The van der Waals surface area contributed by atoms with Crippen LogP contribution in [0, 0.1) is 0 Å². The van der Waals surface area contributed by atoms with Crippen LogP contribution in [0.1, 0.15) is 18.1 Å². The summed E-state index contributed by atoms with van der Waals surface area (Å²) >= 11 is 0. The zero-order valence-electron chi connectivity index (χ0n) is 12.2. The molecule has 1 N–H and O–H groups in total. The van der Waals surface area contributed by atoms with Gasteiger partial charge in [-0.1, -0.05) is 42.5 Å². The van der Waals surface area contributed by atoms with Gasteiger partial charge in [-0.05, 0) is 54.3 Å². The second-order valence-corrected chi connectivity index (χ2v) is 5.77. The molecule has 2 heteroatoms. The van der Waals surface area contributed by atoms with Crippen LogP contribution in [0.4, 0.5) is 0 Å². The number of nitrogens with zero attached hydrogens (tertiary/aromatic N) is 1. The van der Waals surface area contributed by atoms with Crippen LogP contribution in [0.3, 0.4) is 0 Å². The molecule has 1 atom stereocenters. The third-order valence-corrected chi connectivity index (χ3v) is 3.60. The van der Waals surface area contributed by atoms with Crippen molar-refractivity contribution in [3.63, 3.8) is 0 Å². The average molecular weight is 277 g/mol. The first-order chi connectivity index (χ1) is 10.1. The van der Waals surface area contributed by atoms with Gasteiger partial charge in [-0.2, -0.15) is 0 Å². The highest BCUT2D eigenvalue weighted by molar-refractivity contribution is 5.40. The lowest BCUT2D eigenvalue weighted by molar-refractivity contribution is 0.473. The molecular weight excluding hydrogens is 258 g/mol. The van der Waals surface area contributed by atoms with Crippen LogP contribution in [0.2, 0.25) is 0 Å². The van der Waals surface area contributed by atoms with Gasteiger partial charge >= 0.3 is 0 Å². The van der Waals surface area contributed by atoms with Crippen LogP contribution in [0.15, 0.2) is 59.6 Å². The second-order valence-electron chi connectivity index (χ2n) is 5.77. The summed E-state index contributed by atoms with van der Waals surface area (Å²) in [4.78, 5) is 4.71. The van der Waals surface area contributed by atoms with Gasteiger partial charge in [0.05, 0.1) is 11.4 Å². The van der Waals surface area contributed by atoms with Crippen molar-refractivity contribution in [3.8, 4) is 5.75 Å². The molecule has 2 aromatic rings. The molecule has 1 aliphatic heterocycles. The third kappa shape index (κ3) is 3.22. The van der Waals surface area contributed by atoms with E-state index in [1.54, 1.807) is 0 Å². The Labute approximate surface area is 124 Å². The third-order valence-electron chi connectivity index (χ3n) is 3.60. The number of fused-ring (bicyclic) bond motifs is 1. The lowest BCUT2D eigenvalue weighted by Crippen LogP contribution is -2.19. The van der Waals surface area contributed by atoms with Crippen LogP contribution >= 0.6 is 0 Å². The van der Waals surface area contributed by atoms with Gasteiger partial charge < -0.3 is 5.11 Å². The largest absolute Gasteiger partial charge is 0.508 e. The van der Waals surface area contributed by atoms with Gasteiger partial charge in [-0.3, -0.25) is 4.99 Å². The number of rotatable bonds is 4. The van der Waals surface area contributed by atoms with Crippen LogP contribution < -0.4 is 10.6 Å². The number of aromatic hydroxyl groups is 1. The first kappa shape index (κ1) is 13.6. The van der Waals surface area contributed by atoms with Gasteiger partial charge in [0.25, 0.3) is 0 Å². The number of phenols is 1. The predicted molar refractivity (Wildman–Crippen MR) is 85.8 cm³/mol. The molecule has 21 heavy (non-hydrogen) atoms. The molecule has 0 aromatic heterocycles. The summed E-state index contributed by atoms with van der Waals surface area (Å²) in [6.07, 6.45) is 3.80.